The molecule has 1 aromatic heterocycles. The van der Waals surface area contributed by atoms with Crippen LogP contribution in [-0.2, 0) is 11.2 Å². The van der Waals surface area contributed by atoms with Crippen LogP contribution in [0.1, 0.15) is 5.56 Å². The number of rotatable bonds is 7. The Bertz CT molecular complexity index is 909. The van der Waals surface area contributed by atoms with Gasteiger partial charge in [-0.05, 0) is 35.9 Å². The van der Waals surface area contributed by atoms with E-state index >= 15 is 0 Å². The van der Waals surface area contributed by atoms with Crippen LogP contribution >= 0.6 is 22.9 Å². The summed E-state index contributed by atoms with van der Waals surface area (Å²) in [6, 6.07) is 12.7. The fourth-order valence-electron chi connectivity index (χ4n) is 2.07. The van der Waals surface area contributed by atoms with Crippen molar-refractivity contribution in [1.29, 1.82) is 0 Å². The molecular formula is C17H14ClN3O3S. The minimum Gasteiger partial charge on any atom is -0.482 e. The normalized spacial score (nSPS) is 11.1. The van der Waals surface area contributed by atoms with Gasteiger partial charge in [-0.1, -0.05) is 35.1 Å². The largest absolute Gasteiger partial charge is 0.482 e. The van der Waals surface area contributed by atoms with Crippen LogP contribution in [0.5, 0.6) is 5.75 Å². The van der Waals surface area contributed by atoms with E-state index in [1.54, 1.807) is 24.4 Å². The van der Waals surface area contributed by atoms with Gasteiger partial charge in [0.15, 0.2) is 6.61 Å². The zero-order valence-electron chi connectivity index (χ0n) is 13.0. The first-order valence-corrected chi connectivity index (χ1v) is 8.57. The first-order chi connectivity index (χ1) is 12.1. The molecule has 0 atom stereocenters. The number of benzene rings is 2. The molecule has 0 amide bonds. The highest BCUT2D eigenvalue weighted by Gasteiger charge is 2.03. The molecule has 128 valence electrons. The van der Waals surface area contributed by atoms with Gasteiger partial charge in [0.2, 0.25) is 5.13 Å². The Hall–Kier alpha value is -2.64. The average Bonchev–Trinajstić information content (AvgIpc) is 2.99. The Morgan fingerprint density at radius 1 is 1.32 bits per heavy atom. The lowest BCUT2D eigenvalue weighted by atomic mass is 10.2. The average molecular weight is 376 g/mol. The molecular weight excluding hydrogens is 362 g/mol. The molecule has 0 aliphatic carbocycles. The number of aromatic nitrogens is 1. The Kier molecular flexibility index (Phi) is 5.47. The zero-order valence-corrected chi connectivity index (χ0v) is 14.5. The predicted molar refractivity (Wildman–Crippen MR) is 100 cm³/mol. The van der Waals surface area contributed by atoms with E-state index in [0.717, 1.165) is 15.8 Å². The standard InChI is InChI=1S/C17H14ClN3O3S/c18-12-3-6-14-15(9-12)25-17(20-14)21-19-8-7-11-1-4-13(5-2-11)24-10-16(22)23/h1-6,8-9H,7,10H2,(H,20,21)(H,22,23). The number of hydrazone groups is 1. The van der Waals surface area contributed by atoms with Crippen LogP contribution in [0.2, 0.25) is 5.02 Å². The SMILES string of the molecule is O=C(O)COc1ccc(CC=NNc2nc3ccc(Cl)cc3s2)cc1. The van der Waals surface area contributed by atoms with Crippen molar-refractivity contribution in [2.24, 2.45) is 5.10 Å². The Morgan fingerprint density at radius 3 is 2.88 bits per heavy atom. The summed E-state index contributed by atoms with van der Waals surface area (Å²) in [4.78, 5) is 14.9. The summed E-state index contributed by atoms with van der Waals surface area (Å²) in [7, 11) is 0. The number of carboxylic acids is 1. The summed E-state index contributed by atoms with van der Waals surface area (Å²) < 4.78 is 6.08. The number of aliphatic carboxylic acids is 1. The van der Waals surface area contributed by atoms with Gasteiger partial charge in [0.1, 0.15) is 5.75 Å². The third kappa shape index (κ3) is 4.91. The molecule has 3 aromatic rings. The summed E-state index contributed by atoms with van der Waals surface area (Å²) >= 11 is 7.44. The Labute approximate surface area is 152 Å². The number of halogens is 1. The van der Waals surface area contributed by atoms with E-state index in [9.17, 15) is 4.79 Å². The van der Waals surface area contributed by atoms with Gasteiger partial charge in [-0.25, -0.2) is 9.78 Å². The second-order valence-electron chi connectivity index (χ2n) is 5.09. The molecule has 0 aliphatic heterocycles. The van der Waals surface area contributed by atoms with E-state index < -0.39 is 5.97 Å². The number of thiazole rings is 1. The highest BCUT2D eigenvalue weighted by molar-refractivity contribution is 7.22. The third-order valence-electron chi connectivity index (χ3n) is 3.21. The van der Waals surface area contributed by atoms with Crippen molar-refractivity contribution >= 4 is 50.5 Å². The van der Waals surface area contributed by atoms with E-state index in [4.69, 9.17) is 21.4 Å². The lowest BCUT2D eigenvalue weighted by molar-refractivity contribution is -0.139. The highest BCUT2D eigenvalue weighted by Crippen LogP contribution is 2.28. The van der Waals surface area contributed by atoms with E-state index in [2.05, 4.69) is 15.5 Å². The van der Waals surface area contributed by atoms with Gasteiger partial charge in [-0.3, -0.25) is 5.43 Å². The Balaban J connectivity index is 1.53. The lowest BCUT2D eigenvalue weighted by Gasteiger charge is -2.03. The molecule has 0 radical (unpaired) electrons. The minimum absolute atomic E-state index is 0.349. The molecule has 0 spiro atoms. The molecule has 0 aliphatic rings. The molecule has 6 nitrogen and oxygen atoms in total. The van der Waals surface area contributed by atoms with Crippen molar-refractivity contribution < 1.29 is 14.6 Å². The van der Waals surface area contributed by atoms with Crippen LogP contribution in [-0.4, -0.2) is 28.9 Å². The molecule has 2 aromatic carbocycles. The summed E-state index contributed by atoms with van der Waals surface area (Å²) in [5.41, 5.74) is 4.82. The molecule has 1 heterocycles. The fraction of sp³-hybridized carbons (Fsp3) is 0.118. The van der Waals surface area contributed by atoms with Gasteiger partial charge in [0.25, 0.3) is 0 Å². The van der Waals surface area contributed by atoms with Crippen LogP contribution in [0, 0.1) is 0 Å². The zero-order chi connectivity index (χ0) is 17.6. The molecule has 0 unspecified atom stereocenters. The van der Waals surface area contributed by atoms with Crippen LogP contribution < -0.4 is 10.2 Å². The number of nitrogens with zero attached hydrogens (tertiary/aromatic N) is 2. The summed E-state index contributed by atoms with van der Waals surface area (Å²) in [6.45, 7) is -0.349. The van der Waals surface area contributed by atoms with Crippen molar-refractivity contribution in [3.63, 3.8) is 0 Å². The molecule has 2 N–H and O–H groups in total. The molecule has 0 bridgehead atoms. The third-order valence-corrected chi connectivity index (χ3v) is 4.37. The molecule has 3 rings (SSSR count). The molecule has 8 heteroatoms. The summed E-state index contributed by atoms with van der Waals surface area (Å²) in [5.74, 6) is -0.478. The quantitative estimate of drug-likeness (QED) is 0.480. The molecule has 25 heavy (non-hydrogen) atoms. The van der Waals surface area contributed by atoms with Gasteiger partial charge >= 0.3 is 5.97 Å². The van der Waals surface area contributed by atoms with Crippen LogP contribution in [0.25, 0.3) is 10.2 Å². The first-order valence-electron chi connectivity index (χ1n) is 7.37. The van der Waals surface area contributed by atoms with Crippen molar-refractivity contribution in [1.82, 2.24) is 4.98 Å². The van der Waals surface area contributed by atoms with E-state index in [1.165, 1.54) is 11.3 Å². The lowest BCUT2D eigenvalue weighted by Crippen LogP contribution is -2.09. The van der Waals surface area contributed by atoms with E-state index in [-0.39, 0.29) is 6.61 Å². The predicted octanol–water partition coefficient (Wildman–Crippen LogP) is 4.05. The van der Waals surface area contributed by atoms with Crippen LogP contribution in [0.3, 0.4) is 0 Å². The summed E-state index contributed by atoms with van der Waals surface area (Å²) in [6.07, 6.45) is 2.37. The van der Waals surface area contributed by atoms with Gasteiger partial charge in [-0.2, -0.15) is 5.10 Å². The Morgan fingerprint density at radius 2 is 2.12 bits per heavy atom. The monoisotopic (exact) mass is 375 g/mol. The van der Waals surface area contributed by atoms with Gasteiger partial charge < -0.3 is 9.84 Å². The van der Waals surface area contributed by atoms with Gasteiger partial charge in [-0.15, -0.1) is 0 Å². The second-order valence-corrected chi connectivity index (χ2v) is 6.55. The molecule has 0 saturated heterocycles. The van der Waals surface area contributed by atoms with Crippen molar-refractivity contribution in [3.05, 3.63) is 53.1 Å². The summed E-state index contributed by atoms with van der Waals surface area (Å²) in [5, 5.41) is 14.1. The number of carbonyl (C=O) groups is 1. The number of anilines is 1. The maximum atomic E-state index is 10.4. The van der Waals surface area contributed by atoms with E-state index in [0.29, 0.717) is 22.3 Å². The van der Waals surface area contributed by atoms with Crippen molar-refractivity contribution in [3.8, 4) is 5.75 Å². The highest BCUT2D eigenvalue weighted by atomic mass is 35.5. The number of carboxylic acid groups (broad SMARTS) is 1. The number of fused-ring (bicyclic) bond motifs is 1. The smallest absolute Gasteiger partial charge is 0.341 e. The van der Waals surface area contributed by atoms with Gasteiger partial charge in [0.05, 0.1) is 10.2 Å². The number of hydrogen-bond donors (Lipinski definition) is 2. The van der Waals surface area contributed by atoms with Crippen molar-refractivity contribution in [2.75, 3.05) is 12.0 Å². The first kappa shape index (κ1) is 17.2. The van der Waals surface area contributed by atoms with Gasteiger partial charge in [0, 0.05) is 17.7 Å². The fourth-order valence-corrected chi connectivity index (χ4v) is 3.16. The molecule has 0 fully saturated rings. The maximum absolute atomic E-state index is 10.4. The minimum atomic E-state index is -1.00. The molecule has 0 saturated carbocycles. The van der Waals surface area contributed by atoms with Crippen LogP contribution in [0.15, 0.2) is 47.6 Å². The number of hydrogen-bond acceptors (Lipinski definition) is 6. The van der Waals surface area contributed by atoms with Crippen molar-refractivity contribution in [2.45, 2.75) is 6.42 Å². The maximum Gasteiger partial charge on any atom is 0.341 e. The van der Waals surface area contributed by atoms with E-state index in [1.807, 2.05) is 24.3 Å². The topological polar surface area (TPSA) is 83.8 Å². The number of nitrogens with one attached hydrogen (secondary N) is 1. The van der Waals surface area contributed by atoms with Crippen LogP contribution in [0.4, 0.5) is 5.13 Å². The number of ether oxygens (including phenoxy) is 1. The second kappa shape index (κ2) is 7.96.